The Bertz CT molecular complexity index is 476. The molecule has 0 aromatic carbocycles. The lowest BCUT2D eigenvalue weighted by atomic mass is 10.1. The Kier molecular flexibility index (Phi) is 5.09. The van der Waals surface area contributed by atoms with Crippen LogP contribution in [0.4, 0.5) is 0 Å². The molecule has 1 aromatic rings. The van der Waals surface area contributed by atoms with E-state index in [9.17, 15) is 9.59 Å². The molecule has 0 unspecified atom stereocenters. The Labute approximate surface area is 113 Å². The van der Waals surface area contributed by atoms with Gasteiger partial charge in [0.1, 0.15) is 6.54 Å². The first kappa shape index (κ1) is 15.2. The van der Waals surface area contributed by atoms with Gasteiger partial charge in [-0.3, -0.25) is 14.3 Å². The number of aryl methyl sites for hydroxylation is 1. The van der Waals surface area contributed by atoms with Crippen LogP contribution in [0.3, 0.4) is 0 Å². The highest BCUT2D eigenvalue weighted by atomic mass is 16.4. The molecule has 1 amide bonds. The highest BCUT2D eigenvalue weighted by Gasteiger charge is 2.17. The first-order valence-electron chi connectivity index (χ1n) is 6.43. The van der Waals surface area contributed by atoms with Crippen molar-refractivity contribution in [1.29, 1.82) is 0 Å². The van der Waals surface area contributed by atoms with Crippen LogP contribution in [-0.4, -0.2) is 44.8 Å². The number of carbonyl (C=O) groups excluding carboxylic acids is 1. The van der Waals surface area contributed by atoms with Crippen molar-refractivity contribution in [2.75, 3.05) is 13.1 Å². The van der Waals surface area contributed by atoms with Crippen LogP contribution in [0.15, 0.2) is 0 Å². The van der Waals surface area contributed by atoms with Crippen molar-refractivity contribution >= 4 is 11.9 Å². The van der Waals surface area contributed by atoms with E-state index in [2.05, 4.69) is 5.10 Å². The molecule has 0 spiro atoms. The molecule has 19 heavy (non-hydrogen) atoms. The van der Waals surface area contributed by atoms with Crippen molar-refractivity contribution in [1.82, 2.24) is 14.7 Å². The van der Waals surface area contributed by atoms with Gasteiger partial charge in [-0.15, -0.1) is 0 Å². The van der Waals surface area contributed by atoms with Crippen LogP contribution in [-0.2, 0) is 22.6 Å². The molecule has 6 heteroatoms. The molecule has 0 aliphatic carbocycles. The third-order valence-electron chi connectivity index (χ3n) is 3.26. The summed E-state index contributed by atoms with van der Waals surface area (Å²) in [4.78, 5) is 24.5. The van der Waals surface area contributed by atoms with Gasteiger partial charge in [0.15, 0.2) is 0 Å². The zero-order valence-electron chi connectivity index (χ0n) is 11.9. The number of aliphatic carboxylic acids is 1. The molecule has 106 valence electrons. The Balaban J connectivity index is 2.91. The number of amides is 1. The second kappa shape index (κ2) is 6.36. The quantitative estimate of drug-likeness (QED) is 0.834. The monoisotopic (exact) mass is 267 g/mol. The summed E-state index contributed by atoms with van der Waals surface area (Å²) in [6, 6.07) is 0. The molecule has 0 atom stereocenters. The normalized spacial score (nSPS) is 10.5. The molecule has 6 nitrogen and oxygen atoms in total. The van der Waals surface area contributed by atoms with Crippen molar-refractivity contribution in [2.24, 2.45) is 0 Å². The van der Waals surface area contributed by atoms with Gasteiger partial charge in [0.25, 0.3) is 0 Å². The maximum Gasteiger partial charge on any atom is 0.307 e. The van der Waals surface area contributed by atoms with Crippen LogP contribution >= 0.6 is 0 Å². The van der Waals surface area contributed by atoms with Crippen molar-refractivity contribution < 1.29 is 14.7 Å². The van der Waals surface area contributed by atoms with E-state index in [1.807, 2.05) is 13.8 Å². The zero-order chi connectivity index (χ0) is 14.6. The minimum absolute atomic E-state index is 0.00234. The fourth-order valence-electron chi connectivity index (χ4n) is 2.10. The molecule has 1 aromatic heterocycles. The van der Waals surface area contributed by atoms with Crippen LogP contribution in [0.25, 0.3) is 0 Å². The van der Waals surface area contributed by atoms with Gasteiger partial charge in [0, 0.05) is 24.3 Å². The van der Waals surface area contributed by atoms with E-state index < -0.39 is 5.97 Å². The summed E-state index contributed by atoms with van der Waals surface area (Å²) in [5, 5.41) is 13.1. The van der Waals surface area contributed by atoms with Crippen LogP contribution in [0.1, 0.15) is 30.8 Å². The molecule has 0 saturated carbocycles. The van der Waals surface area contributed by atoms with Crippen LogP contribution in [0.2, 0.25) is 0 Å². The topological polar surface area (TPSA) is 75.4 Å². The Morgan fingerprint density at radius 1 is 1.26 bits per heavy atom. The van der Waals surface area contributed by atoms with E-state index in [0.29, 0.717) is 24.3 Å². The first-order chi connectivity index (χ1) is 8.90. The van der Waals surface area contributed by atoms with Crippen molar-refractivity contribution in [2.45, 2.75) is 40.7 Å². The van der Waals surface area contributed by atoms with Crippen LogP contribution in [0, 0.1) is 13.8 Å². The molecule has 1 N–H and O–H groups in total. The summed E-state index contributed by atoms with van der Waals surface area (Å²) in [7, 11) is 0. The van der Waals surface area contributed by atoms with Gasteiger partial charge in [-0.05, 0) is 27.7 Å². The SMILES string of the molecule is CCN(CC)C(=O)Cn1nc(C)c(CC(=O)O)c1C. The fourth-order valence-corrected chi connectivity index (χ4v) is 2.10. The molecule has 0 fully saturated rings. The maximum absolute atomic E-state index is 12.0. The summed E-state index contributed by atoms with van der Waals surface area (Å²) in [5.74, 6) is -0.890. The molecule has 0 bridgehead atoms. The largest absolute Gasteiger partial charge is 0.481 e. The van der Waals surface area contributed by atoms with E-state index in [1.165, 1.54) is 0 Å². The molecule has 0 saturated heterocycles. The molecule has 0 radical (unpaired) electrons. The van der Waals surface area contributed by atoms with Gasteiger partial charge >= 0.3 is 5.97 Å². The average Bonchev–Trinajstić information content (AvgIpc) is 2.58. The number of hydrogen-bond donors (Lipinski definition) is 1. The van der Waals surface area contributed by atoms with E-state index in [0.717, 1.165) is 5.69 Å². The predicted molar refractivity (Wildman–Crippen MR) is 71.0 cm³/mol. The maximum atomic E-state index is 12.0. The van der Waals surface area contributed by atoms with Gasteiger partial charge in [-0.25, -0.2) is 0 Å². The Morgan fingerprint density at radius 3 is 2.32 bits per heavy atom. The van der Waals surface area contributed by atoms with E-state index in [4.69, 9.17) is 5.11 Å². The van der Waals surface area contributed by atoms with Gasteiger partial charge in [-0.1, -0.05) is 0 Å². The lowest BCUT2D eigenvalue weighted by Gasteiger charge is -2.18. The Morgan fingerprint density at radius 2 is 1.84 bits per heavy atom. The number of carboxylic acid groups (broad SMARTS) is 1. The number of aromatic nitrogens is 2. The van der Waals surface area contributed by atoms with Gasteiger partial charge < -0.3 is 10.0 Å². The second-order valence-electron chi connectivity index (χ2n) is 4.44. The molecule has 0 aliphatic rings. The van der Waals surface area contributed by atoms with Gasteiger partial charge in [-0.2, -0.15) is 5.10 Å². The molecular weight excluding hydrogens is 246 g/mol. The van der Waals surface area contributed by atoms with E-state index in [1.54, 1.807) is 23.4 Å². The fraction of sp³-hybridized carbons (Fsp3) is 0.615. The van der Waals surface area contributed by atoms with Crippen molar-refractivity contribution in [3.05, 3.63) is 17.0 Å². The van der Waals surface area contributed by atoms with Crippen molar-refractivity contribution in [3.8, 4) is 0 Å². The number of carbonyl (C=O) groups is 2. The molecule has 1 heterocycles. The van der Waals surface area contributed by atoms with Crippen LogP contribution in [0.5, 0.6) is 0 Å². The molecular formula is C13H21N3O3. The minimum atomic E-state index is -0.888. The first-order valence-corrected chi connectivity index (χ1v) is 6.43. The Hall–Kier alpha value is -1.85. The zero-order valence-corrected chi connectivity index (χ0v) is 11.9. The standard InChI is InChI=1S/C13H21N3O3/c1-5-15(6-2)12(17)8-16-10(4)11(7-13(18)19)9(3)14-16/h5-8H2,1-4H3,(H,18,19). The predicted octanol–water partition coefficient (Wildman–Crippen LogP) is 0.995. The lowest BCUT2D eigenvalue weighted by molar-refractivity contribution is -0.136. The molecule has 0 aliphatic heterocycles. The smallest absolute Gasteiger partial charge is 0.307 e. The summed E-state index contributed by atoms with van der Waals surface area (Å²) in [6.07, 6.45) is -0.0584. The van der Waals surface area contributed by atoms with E-state index >= 15 is 0 Å². The third-order valence-corrected chi connectivity index (χ3v) is 3.26. The second-order valence-corrected chi connectivity index (χ2v) is 4.44. The van der Waals surface area contributed by atoms with E-state index in [-0.39, 0.29) is 18.9 Å². The van der Waals surface area contributed by atoms with Crippen LogP contribution < -0.4 is 0 Å². The number of hydrogen-bond acceptors (Lipinski definition) is 3. The highest BCUT2D eigenvalue weighted by Crippen LogP contribution is 2.14. The summed E-state index contributed by atoms with van der Waals surface area (Å²) in [5.41, 5.74) is 2.12. The van der Waals surface area contributed by atoms with Crippen molar-refractivity contribution in [3.63, 3.8) is 0 Å². The van der Waals surface area contributed by atoms with Gasteiger partial charge in [0.2, 0.25) is 5.91 Å². The number of carboxylic acids is 1. The molecule has 1 rings (SSSR count). The summed E-state index contributed by atoms with van der Waals surface area (Å²) < 4.78 is 1.59. The summed E-state index contributed by atoms with van der Waals surface area (Å²) in [6.45, 7) is 8.91. The number of nitrogens with zero attached hydrogens (tertiary/aromatic N) is 3. The summed E-state index contributed by atoms with van der Waals surface area (Å²) >= 11 is 0. The third kappa shape index (κ3) is 3.56. The number of likely N-dealkylation sites (N-methyl/N-ethyl adjacent to an activating group) is 1. The number of rotatable bonds is 6. The highest BCUT2D eigenvalue weighted by molar-refractivity contribution is 5.76. The van der Waals surface area contributed by atoms with Gasteiger partial charge in [0.05, 0.1) is 12.1 Å². The average molecular weight is 267 g/mol. The minimum Gasteiger partial charge on any atom is -0.481 e. The lowest BCUT2D eigenvalue weighted by Crippen LogP contribution is -2.34.